The van der Waals surface area contributed by atoms with Crippen LogP contribution in [0.25, 0.3) is 0 Å². The van der Waals surface area contributed by atoms with E-state index in [1.54, 1.807) is 11.8 Å². The molecule has 2 heterocycles. The lowest BCUT2D eigenvalue weighted by atomic mass is 10.1. The molecule has 1 atom stereocenters. The van der Waals surface area contributed by atoms with E-state index in [0.717, 1.165) is 37.6 Å². The molecule has 19 heavy (non-hydrogen) atoms. The van der Waals surface area contributed by atoms with E-state index in [1.165, 1.54) is 0 Å². The second-order valence-corrected chi connectivity index (χ2v) is 5.79. The van der Waals surface area contributed by atoms with Crippen molar-refractivity contribution in [2.45, 2.75) is 24.8 Å². The van der Waals surface area contributed by atoms with E-state index in [-0.39, 0.29) is 6.61 Å². The second-order valence-electron chi connectivity index (χ2n) is 4.92. The predicted molar refractivity (Wildman–Crippen MR) is 74.9 cm³/mol. The summed E-state index contributed by atoms with van der Waals surface area (Å²) in [5, 5.41) is 13.0. The van der Waals surface area contributed by atoms with Crippen LogP contribution in [-0.4, -0.2) is 70.6 Å². The quantitative estimate of drug-likeness (QED) is 0.813. The molecule has 1 aliphatic rings. The summed E-state index contributed by atoms with van der Waals surface area (Å²) >= 11 is 1.69. The van der Waals surface area contributed by atoms with E-state index in [9.17, 15) is 0 Å². The highest BCUT2D eigenvalue weighted by molar-refractivity contribution is 7.97. The number of aromatic nitrogens is 2. The smallest absolute Gasteiger partial charge is 0.240 e. The van der Waals surface area contributed by atoms with Gasteiger partial charge in [0.1, 0.15) is 0 Å². The summed E-state index contributed by atoms with van der Waals surface area (Å²) in [5.74, 6) is 2.25. The van der Waals surface area contributed by atoms with Crippen molar-refractivity contribution in [2.75, 3.05) is 39.5 Å². The summed E-state index contributed by atoms with van der Waals surface area (Å²) in [7, 11) is 2.11. The average Bonchev–Trinajstić information content (AvgIpc) is 2.82. The van der Waals surface area contributed by atoms with Crippen LogP contribution < -0.4 is 0 Å². The zero-order valence-electron chi connectivity index (χ0n) is 11.6. The van der Waals surface area contributed by atoms with E-state index >= 15 is 0 Å². The number of piperazine rings is 1. The zero-order chi connectivity index (χ0) is 13.7. The van der Waals surface area contributed by atoms with Gasteiger partial charge in [-0.1, -0.05) is 5.16 Å². The van der Waals surface area contributed by atoms with Gasteiger partial charge in [0, 0.05) is 32.3 Å². The van der Waals surface area contributed by atoms with Crippen LogP contribution >= 0.6 is 11.8 Å². The van der Waals surface area contributed by atoms with E-state index in [4.69, 9.17) is 9.63 Å². The molecule has 0 saturated carbocycles. The fourth-order valence-electron chi connectivity index (χ4n) is 2.35. The van der Waals surface area contributed by atoms with E-state index in [2.05, 4.69) is 27.0 Å². The molecule has 0 bridgehead atoms. The molecule has 1 aromatic heterocycles. The van der Waals surface area contributed by atoms with Gasteiger partial charge in [0.05, 0.1) is 12.3 Å². The third-order valence-electron chi connectivity index (χ3n) is 3.47. The normalized spacial score (nSPS) is 21.9. The van der Waals surface area contributed by atoms with Gasteiger partial charge in [-0.25, -0.2) is 0 Å². The highest BCUT2D eigenvalue weighted by atomic mass is 32.2. The Morgan fingerprint density at radius 1 is 1.47 bits per heavy atom. The fraction of sp³-hybridized carbons (Fsp3) is 0.833. The van der Waals surface area contributed by atoms with Gasteiger partial charge in [-0.05, 0) is 19.7 Å². The largest absolute Gasteiger partial charge is 0.396 e. The van der Waals surface area contributed by atoms with Crippen molar-refractivity contribution in [3.8, 4) is 0 Å². The third kappa shape index (κ3) is 4.17. The summed E-state index contributed by atoms with van der Waals surface area (Å²) in [4.78, 5) is 9.00. The van der Waals surface area contributed by atoms with Crippen LogP contribution in [0, 0.1) is 0 Å². The molecule has 0 aliphatic carbocycles. The minimum absolute atomic E-state index is 0.237. The second kappa shape index (κ2) is 7.23. The van der Waals surface area contributed by atoms with Crippen LogP contribution in [-0.2, 0) is 12.3 Å². The average molecular weight is 286 g/mol. The Labute approximate surface area is 118 Å². The van der Waals surface area contributed by atoms with Gasteiger partial charge >= 0.3 is 0 Å². The highest BCUT2D eigenvalue weighted by Crippen LogP contribution is 2.14. The molecule has 2 rings (SSSR count). The Bertz CT molecular complexity index is 388. The number of rotatable bonds is 6. The Morgan fingerprint density at radius 2 is 2.32 bits per heavy atom. The maximum Gasteiger partial charge on any atom is 0.240 e. The van der Waals surface area contributed by atoms with Crippen LogP contribution in [0.1, 0.15) is 18.1 Å². The molecule has 1 aromatic rings. The van der Waals surface area contributed by atoms with Crippen LogP contribution in [0.15, 0.2) is 4.52 Å². The van der Waals surface area contributed by atoms with Gasteiger partial charge in [0.15, 0.2) is 5.82 Å². The molecule has 0 radical (unpaired) electrons. The molecule has 1 N–H and O–H groups in total. The first-order chi connectivity index (χ1) is 9.22. The Balaban J connectivity index is 1.87. The van der Waals surface area contributed by atoms with Gasteiger partial charge in [0.25, 0.3) is 0 Å². The maximum atomic E-state index is 9.09. The van der Waals surface area contributed by atoms with Crippen molar-refractivity contribution < 1.29 is 9.63 Å². The van der Waals surface area contributed by atoms with Crippen molar-refractivity contribution in [3.05, 3.63) is 11.7 Å². The van der Waals surface area contributed by atoms with Gasteiger partial charge in [-0.15, -0.1) is 0 Å². The van der Waals surface area contributed by atoms with E-state index in [1.807, 2.05) is 6.26 Å². The van der Waals surface area contributed by atoms with Crippen LogP contribution in [0.4, 0.5) is 0 Å². The molecular formula is C12H22N4O2S. The number of aliphatic hydroxyl groups is 1. The number of hydrogen-bond donors (Lipinski definition) is 1. The summed E-state index contributed by atoms with van der Waals surface area (Å²) in [6, 6.07) is 0.410. The van der Waals surface area contributed by atoms with Crippen molar-refractivity contribution >= 4 is 11.8 Å². The number of aliphatic hydroxyl groups excluding tert-OH is 1. The van der Waals surface area contributed by atoms with Crippen molar-refractivity contribution in [3.63, 3.8) is 0 Å². The summed E-state index contributed by atoms with van der Waals surface area (Å²) in [5.41, 5.74) is 0. The molecule has 0 aromatic carbocycles. The molecule has 1 fully saturated rings. The fourth-order valence-corrected chi connectivity index (χ4v) is 2.72. The van der Waals surface area contributed by atoms with Crippen molar-refractivity contribution in [1.29, 1.82) is 0 Å². The minimum Gasteiger partial charge on any atom is -0.396 e. The summed E-state index contributed by atoms with van der Waals surface area (Å²) in [6.45, 7) is 3.89. The highest BCUT2D eigenvalue weighted by Gasteiger charge is 2.24. The monoisotopic (exact) mass is 286 g/mol. The van der Waals surface area contributed by atoms with Crippen LogP contribution in [0.3, 0.4) is 0 Å². The van der Waals surface area contributed by atoms with Gasteiger partial charge < -0.3 is 14.5 Å². The molecule has 7 heteroatoms. The van der Waals surface area contributed by atoms with E-state index in [0.29, 0.717) is 18.5 Å². The number of thioether (sulfide) groups is 1. The van der Waals surface area contributed by atoms with Gasteiger partial charge in [-0.3, -0.25) is 4.90 Å². The van der Waals surface area contributed by atoms with Gasteiger partial charge in [0.2, 0.25) is 5.89 Å². The number of likely N-dealkylation sites (N-methyl/N-ethyl adjacent to an activating group) is 1. The Morgan fingerprint density at radius 3 is 3.05 bits per heavy atom. The molecule has 0 amide bonds. The molecule has 0 spiro atoms. The maximum absolute atomic E-state index is 9.09. The van der Waals surface area contributed by atoms with Gasteiger partial charge in [-0.2, -0.15) is 16.7 Å². The zero-order valence-corrected chi connectivity index (χ0v) is 12.4. The summed E-state index contributed by atoms with van der Waals surface area (Å²) in [6.07, 6.45) is 2.84. The van der Waals surface area contributed by atoms with Crippen LogP contribution in [0.5, 0.6) is 0 Å². The standard InChI is InChI=1S/C12H22N4O2S/c1-15-4-5-16(7-10(15)3-6-17)8-12-13-11(9-19-2)14-18-12/h10,17H,3-9H2,1-2H3/t10-/m0/s1. The lowest BCUT2D eigenvalue weighted by Crippen LogP contribution is -2.51. The first kappa shape index (κ1) is 14.8. The van der Waals surface area contributed by atoms with Crippen molar-refractivity contribution in [2.24, 2.45) is 0 Å². The Hall–Kier alpha value is -0.630. The first-order valence-corrected chi connectivity index (χ1v) is 7.96. The molecular weight excluding hydrogens is 264 g/mol. The molecule has 1 saturated heterocycles. The SMILES string of the molecule is CSCc1noc(CN2CCN(C)[C@@H](CCO)C2)n1. The molecule has 108 valence electrons. The van der Waals surface area contributed by atoms with Crippen molar-refractivity contribution in [1.82, 2.24) is 19.9 Å². The number of nitrogens with zero attached hydrogens (tertiary/aromatic N) is 4. The minimum atomic E-state index is 0.237. The summed E-state index contributed by atoms with van der Waals surface area (Å²) < 4.78 is 5.26. The predicted octanol–water partition coefficient (Wildman–Crippen LogP) is 0.431. The lowest BCUT2D eigenvalue weighted by Gasteiger charge is -2.38. The third-order valence-corrected chi connectivity index (χ3v) is 4.01. The van der Waals surface area contributed by atoms with E-state index < -0.39 is 0 Å². The molecule has 0 unspecified atom stereocenters. The molecule has 6 nitrogen and oxygen atoms in total. The number of hydrogen-bond acceptors (Lipinski definition) is 7. The Kier molecular flexibility index (Phi) is 5.62. The lowest BCUT2D eigenvalue weighted by molar-refractivity contribution is 0.0680. The first-order valence-electron chi connectivity index (χ1n) is 6.56. The molecule has 1 aliphatic heterocycles. The van der Waals surface area contributed by atoms with Crippen LogP contribution in [0.2, 0.25) is 0 Å². The topological polar surface area (TPSA) is 65.6 Å².